The Hall–Kier alpha value is -2.51. The molecule has 0 N–H and O–H groups in total. The molecule has 1 atom stereocenters. The van der Waals surface area contributed by atoms with E-state index >= 15 is 0 Å². The van der Waals surface area contributed by atoms with Crippen molar-refractivity contribution >= 4 is 23.2 Å². The number of rotatable bonds is 1. The molecule has 1 amide bonds. The number of ether oxygens (including phenoxy) is 1. The van der Waals surface area contributed by atoms with Crippen LogP contribution in [0.1, 0.15) is 50.6 Å². The molecule has 0 radical (unpaired) electrons. The Balaban J connectivity index is 2.09. The maximum absolute atomic E-state index is 13.1. The summed E-state index contributed by atoms with van der Waals surface area (Å²) in [5, 5.41) is 0.382. The Morgan fingerprint density at radius 3 is 2.59 bits per heavy atom. The standard InChI is InChI=1S/C19H22F3N3O2/c1-6-13-14-7-12(19(20,21)22)8-23-16(14)25-11(2)9-24(10-15(13)25)17(26)27-18(3,4)5/h6-8,11H,1,9-10H2,2-5H3/t11-/m1/s1. The maximum atomic E-state index is 13.1. The molecule has 0 saturated carbocycles. The molecule has 0 saturated heterocycles. The van der Waals surface area contributed by atoms with Crippen molar-refractivity contribution in [3.8, 4) is 0 Å². The highest BCUT2D eigenvalue weighted by molar-refractivity contribution is 5.89. The van der Waals surface area contributed by atoms with Crippen molar-refractivity contribution in [3.05, 3.63) is 35.7 Å². The molecule has 27 heavy (non-hydrogen) atoms. The van der Waals surface area contributed by atoms with E-state index in [1.54, 1.807) is 25.7 Å². The Kier molecular flexibility index (Phi) is 4.48. The number of pyridine rings is 1. The van der Waals surface area contributed by atoms with Crippen LogP contribution in [0.3, 0.4) is 0 Å². The first-order chi connectivity index (χ1) is 12.4. The second kappa shape index (κ2) is 6.28. The van der Waals surface area contributed by atoms with Gasteiger partial charge in [0.05, 0.1) is 18.2 Å². The van der Waals surface area contributed by atoms with Crippen molar-refractivity contribution in [2.75, 3.05) is 6.54 Å². The largest absolute Gasteiger partial charge is 0.444 e. The van der Waals surface area contributed by atoms with E-state index in [4.69, 9.17) is 4.74 Å². The summed E-state index contributed by atoms with van der Waals surface area (Å²) in [5.41, 5.74) is 0.289. The molecule has 1 aliphatic heterocycles. The smallest absolute Gasteiger partial charge is 0.417 e. The van der Waals surface area contributed by atoms with Gasteiger partial charge < -0.3 is 14.2 Å². The first-order valence-electron chi connectivity index (χ1n) is 8.62. The highest BCUT2D eigenvalue weighted by Gasteiger charge is 2.35. The molecule has 8 heteroatoms. The van der Waals surface area contributed by atoms with Crippen molar-refractivity contribution in [2.45, 2.75) is 52.1 Å². The Bertz CT molecular complexity index is 910. The Morgan fingerprint density at radius 1 is 1.37 bits per heavy atom. The third-order valence-electron chi connectivity index (χ3n) is 4.44. The van der Waals surface area contributed by atoms with Crippen LogP contribution in [0.25, 0.3) is 17.1 Å². The van der Waals surface area contributed by atoms with Crippen LogP contribution < -0.4 is 0 Å². The van der Waals surface area contributed by atoms with Crippen molar-refractivity contribution in [1.82, 2.24) is 14.5 Å². The SMILES string of the molecule is C=Cc1c2n(c3ncc(C(F)(F)F)cc13)[C@H](C)CN(C(=O)OC(C)(C)C)C2. The molecule has 0 spiro atoms. The van der Waals surface area contributed by atoms with Gasteiger partial charge in [-0.3, -0.25) is 0 Å². The molecule has 2 aromatic rings. The third-order valence-corrected chi connectivity index (χ3v) is 4.44. The van der Waals surface area contributed by atoms with Gasteiger partial charge in [0, 0.05) is 29.4 Å². The molecule has 0 bridgehead atoms. The second-order valence-electron chi connectivity index (χ2n) is 7.74. The van der Waals surface area contributed by atoms with Crippen LogP contribution in [0.5, 0.6) is 0 Å². The fourth-order valence-corrected chi connectivity index (χ4v) is 3.39. The zero-order valence-corrected chi connectivity index (χ0v) is 15.7. The van der Waals surface area contributed by atoms with Gasteiger partial charge in [0.15, 0.2) is 0 Å². The lowest BCUT2D eigenvalue weighted by Gasteiger charge is -2.35. The zero-order valence-electron chi connectivity index (χ0n) is 15.7. The van der Waals surface area contributed by atoms with E-state index in [0.717, 1.165) is 12.3 Å². The summed E-state index contributed by atoms with van der Waals surface area (Å²) in [5.74, 6) is 0. The van der Waals surface area contributed by atoms with Crippen LogP contribution in [0.4, 0.5) is 18.0 Å². The summed E-state index contributed by atoms with van der Waals surface area (Å²) in [7, 11) is 0. The fourth-order valence-electron chi connectivity index (χ4n) is 3.39. The van der Waals surface area contributed by atoms with Crippen LogP contribution >= 0.6 is 0 Å². The molecule has 1 aliphatic rings. The Morgan fingerprint density at radius 2 is 2.04 bits per heavy atom. The number of amides is 1. The predicted molar refractivity (Wildman–Crippen MR) is 96.2 cm³/mol. The van der Waals surface area contributed by atoms with E-state index in [1.165, 1.54) is 6.08 Å². The normalized spacial score (nSPS) is 17.7. The van der Waals surface area contributed by atoms with Crippen molar-refractivity contribution in [3.63, 3.8) is 0 Å². The van der Waals surface area contributed by atoms with E-state index in [0.29, 0.717) is 28.8 Å². The minimum atomic E-state index is -4.48. The summed E-state index contributed by atoms with van der Waals surface area (Å²) in [6.45, 7) is 11.6. The molecule has 0 fully saturated rings. The van der Waals surface area contributed by atoms with E-state index in [-0.39, 0.29) is 12.6 Å². The Labute approximate surface area is 155 Å². The van der Waals surface area contributed by atoms with Crippen LogP contribution in [0, 0.1) is 0 Å². The summed E-state index contributed by atoms with van der Waals surface area (Å²) < 4.78 is 46.6. The number of hydrogen-bond acceptors (Lipinski definition) is 3. The number of nitrogens with zero attached hydrogens (tertiary/aromatic N) is 3. The molecular formula is C19H22F3N3O2. The molecule has 0 aliphatic carbocycles. The molecule has 146 valence electrons. The molecule has 0 unspecified atom stereocenters. The summed E-state index contributed by atoms with van der Waals surface area (Å²) in [6, 6.07) is 0.927. The lowest BCUT2D eigenvalue weighted by molar-refractivity contribution is -0.137. The second-order valence-corrected chi connectivity index (χ2v) is 7.74. The third kappa shape index (κ3) is 3.52. The number of hydrogen-bond donors (Lipinski definition) is 0. The maximum Gasteiger partial charge on any atom is 0.417 e. The van der Waals surface area contributed by atoms with Gasteiger partial charge in [-0.1, -0.05) is 12.7 Å². The number of fused-ring (bicyclic) bond motifs is 3. The van der Waals surface area contributed by atoms with Gasteiger partial charge in [-0.2, -0.15) is 13.2 Å². The van der Waals surface area contributed by atoms with Gasteiger partial charge >= 0.3 is 12.3 Å². The minimum absolute atomic E-state index is 0.165. The van der Waals surface area contributed by atoms with Gasteiger partial charge in [0.1, 0.15) is 11.2 Å². The van der Waals surface area contributed by atoms with E-state index in [9.17, 15) is 18.0 Å². The number of alkyl halides is 3. The molecule has 3 heterocycles. The highest BCUT2D eigenvalue weighted by Crippen LogP contribution is 2.37. The van der Waals surface area contributed by atoms with Gasteiger partial charge in [0.25, 0.3) is 0 Å². The van der Waals surface area contributed by atoms with Crippen molar-refractivity contribution in [1.29, 1.82) is 0 Å². The van der Waals surface area contributed by atoms with Crippen LogP contribution in [-0.4, -0.2) is 32.7 Å². The highest BCUT2D eigenvalue weighted by atomic mass is 19.4. The number of halogens is 3. The monoisotopic (exact) mass is 381 g/mol. The summed E-state index contributed by atoms with van der Waals surface area (Å²) >= 11 is 0. The number of aromatic nitrogens is 2. The van der Waals surface area contributed by atoms with Crippen LogP contribution in [0.15, 0.2) is 18.8 Å². The first kappa shape index (κ1) is 19.3. The zero-order chi connectivity index (χ0) is 20.1. The fraction of sp³-hybridized carbons (Fsp3) is 0.474. The first-order valence-corrected chi connectivity index (χ1v) is 8.62. The van der Waals surface area contributed by atoms with E-state index < -0.39 is 23.4 Å². The summed E-state index contributed by atoms with van der Waals surface area (Å²) in [4.78, 5) is 18.1. The van der Waals surface area contributed by atoms with Crippen molar-refractivity contribution in [2.24, 2.45) is 0 Å². The van der Waals surface area contributed by atoms with Crippen LogP contribution in [-0.2, 0) is 17.5 Å². The molecule has 5 nitrogen and oxygen atoms in total. The van der Waals surface area contributed by atoms with Gasteiger partial charge in [-0.25, -0.2) is 9.78 Å². The molecule has 3 rings (SSSR count). The molecule has 2 aromatic heterocycles. The molecule has 0 aromatic carbocycles. The van der Waals surface area contributed by atoms with E-state index in [2.05, 4.69) is 11.6 Å². The quantitative estimate of drug-likeness (QED) is 0.698. The number of carbonyl (C=O) groups excluding carboxylic acids is 1. The number of carbonyl (C=O) groups is 1. The average molecular weight is 381 g/mol. The van der Waals surface area contributed by atoms with Gasteiger partial charge in [0.2, 0.25) is 0 Å². The van der Waals surface area contributed by atoms with Crippen LogP contribution in [0.2, 0.25) is 0 Å². The minimum Gasteiger partial charge on any atom is -0.444 e. The van der Waals surface area contributed by atoms with E-state index in [1.807, 2.05) is 11.5 Å². The predicted octanol–water partition coefficient (Wildman–Crippen LogP) is 5.01. The lowest BCUT2D eigenvalue weighted by atomic mass is 10.1. The van der Waals surface area contributed by atoms with Crippen molar-refractivity contribution < 1.29 is 22.7 Å². The average Bonchev–Trinajstić information content (AvgIpc) is 2.85. The molecular weight excluding hydrogens is 359 g/mol. The van der Waals surface area contributed by atoms with Gasteiger partial charge in [-0.05, 0) is 33.8 Å². The topological polar surface area (TPSA) is 47.4 Å². The summed E-state index contributed by atoms with van der Waals surface area (Å²) in [6.07, 6.45) is -2.57. The van der Waals surface area contributed by atoms with Gasteiger partial charge in [-0.15, -0.1) is 0 Å². The lowest BCUT2D eigenvalue weighted by Crippen LogP contribution is -2.43.